The van der Waals surface area contributed by atoms with Crippen molar-refractivity contribution in [2.45, 2.75) is 57.3 Å². The third kappa shape index (κ3) is 3.70. The second-order valence-corrected chi connectivity index (χ2v) is 11.7. The first kappa shape index (κ1) is 16.5. The van der Waals surface area contributed by atoms with E-state index in [0.29, 0.717) is 32.5 Å². The van der Waals surface area contributed by atoms with Crippen molar-refractivity contribution in [3.05, 3.63) is 0 Å². The molecule has 6 heteroatoms. The average Bonchev–Trinajstić information content (AvgIpc) is 2.27. The molecular formula is C13H28N2O3Si. The van der Waals surface area contributed by atoms with Gasteiger partial charge in [-0.25, -0.2) is 4.79 Å². The number of hydrogen-bond acceptors (Lipinski definition) is 3. The second kappa shape index (κ2) is 5.42. The molecule has 1 amide bonds. The summed E-state index contributed by atoms with van der Waals surface area (Å²) < 4.78 is 6.50. The zero-order chi connectivity index (χ0) is 14.9. The SMILES string of the molecule is CC(C)(C)[Si](C)(C)OC1(CN)CCN(C(=O)O)CC1. The summed E-state index contributed by atoms with van der Waals surface area (Å²) in [5.41, 5.74) is 5.60. The van der Waals surface area contributed by atoms with Crippen LogP contribution in [0.3, 0.4) is 0 Å². The summed E-state index contributed by atoms with van der Waals surface area (Å²) in [6.07, 6.45) is 0.544. The molecule has 0 saturated carbocycles. The molecule has 0 bridgehead atoms. The standard InChI is InChI=1S/C13H28N2O3Si/c1-12(2,3)19(4,5)18-13(10-14)6-8-15(9-7-13)11(16)17/h6-10,14H2,1-5H3,(H,16,17). The van der Waals surface area contributed by atoms with Crippen molar-refractivity contribution in [1.82, 2.24) is 4.90 Å². The zero-order valence-corrected chi connectivity index (χ0v) is 13.8. The largest absolute Gasteiger partial charge is 0.465 e. The van der Waals surface area contributed by atoms with Crippen molar-refractivity contribution in [1.29, 1.82) is 0 Å². The third-order valence-electron chi connectivity index (χ3n) is 4.60. The molecule has 1 aliphatic heterocycles. The van der Waals surface area contributed by atoms with Gasteiger partial charge in [0.15, 0.2) is 8.32 Å². The van der Waals surface area contributed by atoms with E-state index in [1.54, 1.807) is 0 Å². The normalized spacial score (nSPS) is 20.4. The molecule has 1 fully saturated rings. The highest BCUT2D eigenvalue weighted by atomic mass is 28.4. The lowest BCUT2D eigenvalue weighted by atomic mass is 9.92. The molecule has 0 radical (unpaired) electrons. The Bertz CT molecular complexity index is 331. The molecule has 0 aliphatic carbocycles. The van der Waals surface area contributed by atoms with Gasteiger partial charge in [0.2, 0.25) is 0 Å². The summed E-state index contributed by atoms with van der Waals surface area (Å²) in [7, 11) is -1.88. The zero-order valence-electron chi connectivity index (χ0n) is 12.8. The maximum atomic E-state index is 11.0. The van der Waals surface area contributed by atoms with Crippen LogP contribution < -0.4 is 5.73 Å². The molecule has 5 nitrogen and oxygen atoms in total. The molecule has 1 rings (SSSR count). The molecule has 0 spiro atoms. The number of rotatable bonds is 3. The number of likely N-dealkylation sites (tertiary alicyclic amines) is 1. The summed E-state index contributed by atoms with van der Waals surface area (Å²) in [5.74, 6) is 0. The Morgan fingerprint density at radius 3 is 2.16 bits per heavy atom. The Morgan fingerprint density at radius 2 is 1.84 bits per heavy atom. The van der Waals surface area contributed by atoms with Crippen molar-refractivity contribution >= 4 is 14.4 Å². The van der Waals surface area contributed by atoms with Gasteiger partial charge in [0.1, 0.15) is 0 Å². The van der Waals surface area contributed by atoms with Gasteiger partial charge >= 0.3 is 6.09 Å². The number of piperidine rings is 1. The first-order chi connectivity index (χ1) is 8.53. The Balaban J connectivity index is 2.77. The smallest absolute Gasteiger partial charge is 0.407 e. The van der Waals surface area contributed by atoms with E-state index in [9.17, 15) is 4.79 Å². The van der Waals surface area contributed by atoms with Gasteiger partial charge in [-0.15, -0.1) is 0 Å². The first-order valence-corrected chi connectivity index (χ1v) is 9.82. The van der Waals surface area contributed by atoms with Crippen molar-refractivity contribution in [2.24, 2.45) is 5.73 Å². The van der Waals surface area contributed by atoms with Crippen molar-refractivity contribution in [2.75, 3.05) is 19.6 Å². The van der Waals surface area contributed by atoms with E-state index >= 15 is 0 Å². The molecule has 0 aromatic rings. The van der Waals surface area contributed by atoms with Crippen LogP contribution in [-0.2, 0) is 4.43 Å². The average molecular weight is 288 g/mol. The van der Waals surface area contributed by atoms with Crippen LogP contribution in [0.5, 0.6) is 0 Å². The fourth-order valence-electron chi connectivity index (χ4n) is 2.15. The lowest BCUT2D eigenvalue weighted by Gasteiger charge is -2.48. The molecule has 1 aliphatic rings. The van der Waals surface area contributed by atoms with E-state index in [2.05, 4.69) is 33.9 Å². The quantitative estimate of drug-likeness (QED) is 0.782. The van der Waals surface area contributed by atoms with E-state index in [4.69, 9.17) is 15.3 Å². The van der Waals surface area contributed by atoms with Gasteiger partial charge in [0.05, 0.1) is 5.60 Å². The third-order valence-corrected chi connectivity index (χ3v) is 9.15. The molecule has 19 heavy (non-hydrogen) atoms. The molecule has 0 aromatic carbocycles. The van der Waals surface area contributed by atoms with Gasteiger partial charge in [-0.05, 0) is 31.0 Å². The number of nitrogens with zero attached hydrogens (tertiary/aromatic N) is 1. The predicted molar refractivity (Wildman–Crippen MR) is 78.9 cm³/mol. The number of hydrogen-bond donors (Lipinski definition) is 2. The lowest BCUT2D eigenvalue weighted by molar-refractivity contribution is 0.00132. The number of amides is 1. The van der Waals surface area contributed by atoms with Gasteiger partial charge in [0.25, 0.3) is 0 Å². The highest BCUT2D eigenvalue weighted by Crippen LogP contribution is 2.41. The van der Waals surface area contributed by atoms with Gasteiger partial charge in [-0.2, -0.15) is 0 Å². The molecule has 0 atom stereocenters. The monoisotopic (exact) mass is 288 g/mol. The number of carboxylic acid groups (broad SMARTS) is 1. The van der Waals surface area contributed by atoms with E-state index in [1.165, 1.54) is 4.90 Å². The highest BCUT2D eigenvalue weighted by molar-refractivity contribution is 6.74. The topological polar surface area (TPSA) is 75.8 Å². The fourth-order valence-corrected chi connectivity index (χ4v) is 3.82. The van der Waals surface area contributed by atoms with E-state index in [1.807, 2.05) is 0 Å². The van der Waals surface area contributed by atoms with Crippen molar-refractivity contribution < 1.29 is 14.3 Å². The summed E-state index contributed by atoms with van der Waals surface area (Å²) in [6, 6.07) is 0. The van der Waals surface area contributed by atoms with Crippen LogP contribution >= 0.6 is 0 Å². The summed E-state index contributed by atoms with van der Waals surface area (Å²) in [4.78, 5) is 12.4. The Hall–Kier alpha value is -0.593. The Kier molecular flexibility index (Phi) is 4.69. The molecule has 0 unspecified atom stereocenters. The van der Waals surface area contributed by atoms with Crippen LogP contribution in [0.25, 0.3) is 0 Å². The van der Waals surface area contributed by atoms with Crippen LogP contribution in [-0.4, -0.2) is 49.7 Å². The van der Waals surface area contributed by atoms with Gasteiger partial charge in [-0.3, -0.25) is 0 Å². The summed E-state index contributed by atoms with van der Waals surface area (Å²) >= 11 is 0. The number of nitrogens with two attached hydrogens (primary N) is 1. The fraction of sp³-hybridized carbons (Fsp3) is 0.923. The van der Waals surface area contributed by atoms with Crippen LogP contribution in [0.4, 0.5) is 4.79 Å². The molecule has 112 valence electrons. The maximum Gasteiger partial charge on any atom is 0.407 e. The van der Waals surface area contributed by atoms with Gasteiger partial charge in [-0.1, -0.05) is 20.8 Å². The molecule has 1 heterocycles. The van der Waals surface area contributed by atoms with E-state index < -0.39 is 14.4 Å². The minimum Gasteiger partial charge on any atom is -0.465 e. The Morgan fingerprint density at radius 1 is 1.37 bits per heavy atom. The molecular weight excluding hydrogens is 260 g/mol. The van der Waals surface area contributed by atoms with Gasteiger partial charge < -0.3 is 20.2 Å². The minimum absolute atomic E-state index is 0.138. The predicted octanol–water partition coefficient (Wildman–Crippen LogP) is 2.48. The van der Waals surface area contributed by atoms with Crippen molar-refractivity contribution in [3.8, 4) is 0 Å². The van der Waals surface area contributed by atoms with E-state index in [-0.39, 0.29) is 10.6 Å². The maximum absolute atomic E-state index is 11.0. The van der Waals surface area contributed by atoms with E-state index in [0.717, 1.165) is 0 Å². The number of carbonyl (C=O) groups is 1. The highest BCUT2D eigenvalue weighted by Gasteiger charge is 2.45. The van der Waals surface area contributed by atoms with Crippen LogP contribution in [0.2, 0.25) is 18.1 Å². The van der Waals surface area contributed by atoms with Crippen LogP contribution in [0.1, 0.15) is 33.6 Å². The first-order valence-electron chi connectivity index (χ1n) is 6.91. The van der Waals surface area contributed by atoms with Crippen LogP contribution in [0.15, 0.2) is 0 Å². The second-order valence-electron chi connectivity index (χ2n) is 7.02. The Labute approximate surface area is 117 Å². The van der Waals surface area contributed by atoms with Crippen molar-refractivity contribution in [3.63, 3.8) is 0 Å². The molecule has 0 aromatic heterocycles. The van der Waals surface area contributed by atoms with Gasteiger partial charge in [0, 0.05) is 19.6 Å². The van der Waals surface area contributed by atoms with Crippen LogP contribution in [0, 0.1) is 0 Å². The minimum atomic E-state index is -1.88. The lowest BCUT2D eigenvalue weighted by Crippen LogP contribution is -2.58. The molecule has 1 saturated heterocycles. The summed E-state index contributed by atoms with van der Waals surface area (Å²) in [6.45, 7) is 12.5. The summed E-state index contributed by atoms with van der Waals surface area (Å²) in [5, 5.41) is 9.14. The molecule has 3 N–H and O–H groups in total.